The number of hydrogen-bond acceptors (Lipinski definition) is 9. The number of rotatable bonds is 9. The third-order valence-corrected chi connectivity index (χ3v) is 9.91. The van der Waals surface area contributed by atoms with Gasteiger partial charge >= 0.3 is 0 Å². The number of Topliss-reactive ketones (excluding diaryl/α,β-unsaturated/α-hetero) is 2. The Labute approximate surface area is 274 Å². The van der Waals surface area contributed by atoms with Crippen LogP contribution in [-0.4, -0.2) is 78.5 Å². The van der Waals surface area contributed by atoms with Gasteiger partial charge in [-0.3, -0.25) is 14.4 Å². The lowest BCUT2D eigenvalue weighted by Gasteiger charge is -2.54. The first-order valence-electron chi connectivity index (χ1n) is 15.8. The summed E-state index contributed by atoms with van der Waals surface area (Å²) in [6.45, 7) is 0.328. The van der Waals surface area contributed by atoms with Crippen molar-refractivity contribution in [2.45, 2.75) is 43.8 Å². The van der Waals surface area contributed by atoms with E-state index < -0.39 is 58.7 Å². The molecule has 0 heterocycles. The molecule has 0 aromatic heterocycles. The number of amides is 1. The molecule has 1 amide bonds. The van der Waals surface area contributed by atoms with Crippen molar-refractivity contribution in [3.05, 3.63) is 106 Å². The zero-order chi connectivity index (χ0) is 33.6. The van der Waals surface area contributed by atoms with Crippen molar-refractivity contribution in [2.75, 3.05) is 33.1 Å². The summed E-state index contributed by atoms with van der Waals surface area (Å²) in [5.74, 6) is -5.80. The summed E-state index contributed by atoms with van der Waals surface area (Å²) in [6, 6.07) is 21.9. The fourth-order valence-electron chi connectivity index (χ4n) is 7.78. The molecule has 2 unspecified atom stereocenters. The summed E-state index contributed by atoms with van der Waals surface area (Å²) in [5.41, 5.74) is 6.91. The summed E-state index contributed by atoms with van der Waals surface area (Å²) >= 11 is 0. The topological polar surface area (TPSA) is 143 Å². The number of carbonyl (C=O) groups excluding carboxylic acids is 3. The van der Waals surface area contributed by atoms with E-state index in [4.69, 9.17) is 15.2 Å². The van der Waals surface area contributed by atoms with E-state index >= 15 is 0 Å². The molecule has 0 aliphatic heterocycles. The Balaban J connectivity index is 1.44. The van der Waals surface area contributed by atoms with Crippen LogP contribution in [0.5, 0.6) is 5.75 Å². The molecule has 0 spiro atoms. The van der Waals surface area contributed by atoms with Crippen molar-refractivity contribution in [1.82, 2.24) is 4.90 Å². The summed E-state index contributed by atoms with van der Waals surface area (Å²) in [5, 5.41) is 24.2. The third-order valence-electron chi connectivity index (χ3n) is 9.91. The molecule has 0 radical (unpaired) electrons. The highest BCUT2D eigenvalue weighted by Gasteiger charge is 2.66. The second-order valence-corrected chi connectivity index (χ2v) is 13.2. The first kappa shape index (κ1) is 32.4. The number of aliphatic hydroxyl groups is 2. The number of ether oxygens (including phenoxy) is 2. The van der Waals surface area contributed by atoms with Gasteiger partial charge < -0.3 is 35.2 Å². The Hall–Kier alpha value is -4.51. The molecular weight excluding hydrogens is 598 g/mol. The molecular formula is C37H41N3O7. The van der Waals surface area contributed by atoms with Gasteiger partial charge in [0.15, 0.2) is 17.2 Å². The predicted octanol–water partition coefficient (Wildman–Crippen LogP) is 3.45. The summed E-state index contributed by atoms with van der Waals surface area (Å²) in [7, 11) is 7.34. The number of primary amides is 1. The highest BCUT2D eigenvalue weighted by molar-refractivity contribution is 6.16. The van der Waals surface area contributed by atoms with Gasteiger partial charge in [-0.1, -0.05) is 60.7 Å². The third kappa shape index (κ3) is 5.50. The molecule has 3 aliphatic carbocycles. The van der Waals surface area contributed by atoms with Crippen LogP contribution in [0.4, 0.5) is 5.69 Å². The molecule has 0 saturated heterocycles. The van der Waals surface area contributed by atoms with Crippen LogP contribution in [-0.2, 0) is 34.0 Å². The maximum Gasteiger partial charge on any atom is 0.230 e. The van der Waals surface area contributed by atoms with Crippen LogP contribution in [0.1, 0.15) is 33.5 Å². The van der Waals surface area contributed by atoms with E-state index in [-0.39, 0.29) is 30.8 Å². The van der Waals surface area contributed by atoms with Crippen molar-refractivity contribution < 1.29 is 34.1 Å². The lowest BCUT2D eigenvalue weighted by molar-refractivity contribution is -0.186. The number of carbonyl (C=O) groups is 3. The summed E-state index contributed by atoms with van der Waals surface area (Å²) < 4.78 is 12.5. The van der Waals surface area contributed by atoms with Crippen LogP contribution >= 0.6 is 0 Å². The molecule has 10 heteroatoms. The van der Waals surface area contributed by atoms with Crippen LogP contribution in [0.25, 0.3) is 0 Å². The van der Waals surface area contributed by atoms with Crippen LogP contribution < -0.4 is 15.4 Å². The van der Waals surface area contributed by atoms with Crippen LogP contribution in [0.15, 0.2) is 84.1 Å². The fourth-order valence-corrected chi connectivity index (χ4v) is 7.78. The molecule has 6 rings (SSSR count). The molecule has 1 fully saturated rings. The van der Waals surface area contributed by atoms with Crippen LogP contribution in [0.3, 0.4) is 0 Å². The minimum atomic E-state index is -2.52. The molecule has 6 atom stereocenters. The number of likely N-dealkylation sites (N-methyl/N-ethyl adjacent to an activating group) is 1. The van der Waals surface area contributed by atoms with Gasteiger partial charge in [0.1, 0.15) is 24.0 Å². The molecule has 47 heavy (non-hydrogen) atoms. The zero-order valence-electron chi connectivity index (χ0n) is 27.1. The van der Waals surface area contributed by atoms with Gasteiger partial charge in [0.2, 0.25) is 5.91 Å². The minimum absolute atomic E-state index is 0.0329. The molecule has 3 aromatic carbocycles. The van der Waals surface area contributed by atoms with Gasteiger partial charge in [-0.25, -0.2) is 0 Å². The number of hydrogen-bond donors (Lipinski definition) is 3. The molecule has 4 N–H and O–H groups in total. The van der Waals surface area contributed by atoms with Gasteiger partial charge in [-0.05, 0) is 61.7 Å². The highest BCUT2D eigenvalue weighted by atomic mass is 16.5. The predicted molar refractivity (Wildman–Crippen MR) is 176 cm³/mol. The number of nitrogens with zero attached hydrogens (tertiary/aromatic N) is 2. The largest absolute Gasteiger partial charge is 0.508 e. The van der Waals surface area contributed by atoms with Crippen molar-refractivity contribution in [1.29, 1.82) is 0 Å². The normalized spacial score (nSPS) is 26.8. The van der Waals surface area contributed by atoms with Gasteiger partial charge in [0.25, 0.3) is 0 Å². The number of nitrogens with two attached hydrogens (primary N) is 1. The smallest absolute Gasteiger partial charge is 0.230 e. The van der Waals surface area contributed by atoms with Gasteiger partial charge in [0.05, 0.1) is 18.3 Å². The fraction of sp³-hybridized carbons (Fsp3) is 0.378. The molecule has 1 saturated carbocycles. The Bertz CT molecular complexity index is 1720. The Morgan fingerprint density at radius 2 is 1.55 bits per heavy atom. The minimum Gasteiger partial charge on any atom is -0.508 e. The molecule has 3 aromatic rings. The Morgan fingerprint density at radius 3 is 2.13 bits per heavy atom. The van der Waals surface area contributed by atoms with Crippen molar-refractivity contribution in [3.63, 3.8) is 0 Å². The standard InChI is InChI=1S/C37H41N3O7/c1-39(2)26-15-16-27(46-19-21-11-7-5-8-12-21)29-24(26)17-23-18-25-31(40(3)4)33(47-20-22-13-9-6-10-14-22)30(36(38)44)35(43)37(25,45)34(42)28(23)32(29)41/h5-16,23,25,30-31,33,42,45H,17-20H2,1-4H3,(H2,38,44)/t23-,25-,30?,31-,33?,37-/m0/s1. The van der Waals surface area contributed by atoms with Gasteiger partial charge in [-0.2, -0.15) is 0 Å². The van der Waals surface area contributed by atoms with E-state index in [9.17, 15) is 24.6 Å². The quantitative estimate of drug-likeness (QED) is 0.300. The number of fused-ring (bicyclic) bond motifs is 3. The molecule has 10 nitrogen and oxygen atoms in total. The first-order valence-corrected chi connectivity index (χ1v) is 15.8. The molecule has 0 bridgehead atoms. The van der Waals surface area contributed by atoms with Gasteiger partial charge in [-0.15, -0.1) is 0 Å². The van der Waals surface area contributed by atoms with Crippen molar-refractivity contribution in [2.24, 2.45) is 23.5 Å². The first-order chi connectivity index (χ1) is 22.4. The summed E-state index contributed by atoms with van der Waals surface area (Å²) in [4.78, 5) is 45.4. The van der Waals surface area contributed by atoms with Crippen LogP contribution in [0, 0.1) is 17.8 Å². The number of anilines is 1. The second kappa shape index (κ2) is 12.6. The van der Waals surface area contributed by atoms with E-state index in [2.05, 4.69) is 0 Å². The SMILES string of the molecule is CN(C)c1ccc(OCc2ccccc2)c2c1C[C@H]1C[C@H]3[C@H](N(C)C)C(OCc4ccccc4)C(C(N)=O)C(=O)[C@@]3(O)C(O)=C1C2=O. The van der Waals surface area contributed by atoms with E-state index in [1.165, 1.54) is 0 Å². The second-order valence-electron chi connectivity index (χ2n) is 13.2. The molecule has 3 aliphatic rings. The number of aliphatic hydroxyl groups excluding tert-OH is 1. The van der Waals surface area contributed by atoms with Crippen LogP contribution in [0.2, 0.25) is 0 Å². The number of allylic oxidation sites excluding steroid dienone is 1. The van der Waals surface area contributed by atoms with Crippen molar-refractivity contribution in [3.8, 4) is 5.75 Å². The van der Waals surface area contributed by atoms with E-state index in [0.29, 0.717) is 12.2 Å². The number of ketones is 2. The van der Waals surface area contributed by atoms with E-state index in [1.54, 1.807) is 25.1 Å². The monoisotopic (exact) mass is 639 g/mol. The highest BCUT2D eigenvalue weighted by Crippen LogP contribution is 2.53. The molecule has 246 valence electrons. The van der Waals surface area contributed by atoms with E-state index in [0.717, 1.165) is 22.4 Å². The lowest BCUT2D eigenvalue weighted by atomic mass is 9.56. The Kier molecular flexibility index (Phi) is 8.69. The average molecular weight is 640 g/mol. The Morgan fingerprint density at radius 1 is 0.936 bits per heavy atom. The maximum atomic E-state index is 14.5. The number of benzene rings is 3. The maximum absolute atomic E-state index is 14.5. The van der Waals surface area contributed by atoms with Gasteiger partial charge in [0, 0.05) is 37.3 Å². The lowest BCUT2D eigenvalue weighted by Crippen LogP contribution is -2.71. The zero-order valence-corrected chi connectivity index (χ0v) is 27.1. The average Bonchev–Trinajstić information content (AvgIpc) is 3.04. The summed E-state index contributed by atoms with van der Waals surface area (Å²) in [6.07, 6.45) is -0.447. The van der Waals surface area contributed by atoms with Crippen molar-refractivity contribution >= 4 is 23.2 Å². The van der Waals surface area contributed by atoms with E-state index in [1.807, 2.05) is 85.7 Å².